The molecule has 0 saturated heterocycles. The minimum atomic E-state index is -0.322. The number of anilines is 1. The van der Waals surface area contributed by atoms with E-state index in [1.54, 1.807) is 69.1 Å². The van der Waals surface area contributed by atoms with Gasteiger partial charge in [-0.05, 0) is 67.1 Å². The van der Waals surface area contributed by atoms with Crippen LogP contribution in [-0.4, -0.2) is 33.1 Å². The number of hydrogen-bond donors (Lipinski definition) is 2. The van der Waals surface area contributed by atoms with Crippen LogP contribution in [-0.2, 0) is 11.2 Å². The average molecular weight is 483 g/mol. The van der Waals surface area contributed by atoms with Crippen molar-refractivity contribution in [2.45, 2.75) is 32.2 Å². The molecule has 3 rings (SSSR count). The van der Waals surface area contributed by atoms with E-state index in [0.29, 0.717) is 34.9 Å². The van der Waals surface area contributed by atoms with Crippen LogP contribution in [0.1, 0.15) is 46.6 Å². The number of thiophene rings is 1. The number of aryl methyl sites for hydroxylation is 1. The van der Waals surface area contributed by atoms with E-state index in [1.807, 2.05) is 18.4 Å². The third-order valence-corrected chi connectivity index (χ3v) is 6.29. The van der Waals surface area contributed by atoms with Gasteiger partial charge < -0.3 is 24.8 Å². The average Bonchev–Trinajstić information content (AvgIpc) is 3.36. The molecule has 1 aromatic heterocycles. The second kappa shape index (κ2) is 12.1. The molecule has 0 spiro atoms. The van der Waals surface area contributed by atoms with E-state index in [9.17, 15) is 9.59 Å². The summed E-state index contributed by atoms with van der Waals surface area (Å²) in [4.78, 5) is 26.5. The van der Waals surface area contributed by atoms with Crippen molar-refractivity contribution in [1.29, 1.82) is 0 Å². The molecule has 0 radical (unpaired) electrons. The normalized spacial score (nSPS) is 11.4. The van der Waals surface area contributed by atoms with Crippen LogP contribution in [0.3, 0.4) is 0 Å². The number of amides is 2. The molecule has 2 aromatic carbocycles. The Morgan fingerprint density at radius 2 is 1.71 bits per heavy atom. The summed E-state index contributed by atoms with van der Waals surface area (Å²) in [6.07, 6.45) is 2.08. The van der Waals surface area contributed by atoms with Gasteiger partial charge in [-0.15, -0.1) is 11.3 Å². The van der Waals surface area contributed by atoms with Crippen LogP contribution in [0.5, 0.6) is 17.2 Å². The summed E-state index contributed by atoms with van der Waals surface area (Å²) < 4.78 is 16.2. The zero-order valence-electron chi connectivity index (χ0n) is 19.8. The Morgan fingerprint density at radius 1 is 0.971 bits per heavy atom. The highest BCUT2D eigenvalue weighted by Gasteiger charge is 2.18. The summed E-state index contributed by atoms with van der Waals surface area (Å²) >= 11 is 1.70. The van der Waals surface area contributed by atoms with Crippen molar-refractivity contribution >= 4 is 28.8 Å². The monoisotopic (exact) mass is 482 g/mol. The molecule has 34 heavy (non-hydrogen) atoms. The lowest BCUT2D eigenvalue weighted by atomic mass is 10.1. The van der Waals surface area contributed by atoms with E-state index in [2.05, 4.69) is 16.7 Å². The van der Waals surface area contributed by atoms with Crippen LogP contribution in [0.15, 0.2) is 53.9 Å². The minimum Gasteiger partial charge on any atom is -0.493 e. The molecule has 2 N–H and O–H groups in total. The van der Waals surface area contributed by atoms with Crippen LogP contribution < -0.4 is 24.8 Å². The number of hydrogen-bond acceptors (Lipinski definition) is 6. The second-order valence-electron chi connectivity index (χ2n) is 7.72. The van der Waals surface area contributed by atoms with Crippen molar-refractivity contribution < 1.29 is 23.8 Å². The highest BCUT2D eigenvalue weighted by atomic mass is 32.1. The molecule has 2 amide bonds. The summed E-state index contributed by atoms with van der Waals surface area (Å²) in [5, 5.41) is 7.90. The van der Waals surface area contributed by atoms with Gasteiger partial charge in [0, 0.05) is 22.5 Å². The third-order valence-electron chi connectivity index (χ3n) is 5.35. The molecular formula is C26H30N2O5S. The number of carbonyl (C=O) groups excluding carboxylic acids is 2. The van der Waals surface area contributed by atoms with Crippen molar-refractivity contribution in [1.82, 2.24) is 5.32 Å². The molecule has 180 valence electrons. The van der Waals surface area contributed by atoms with E-state index in [-0.39, 0.29) is 17.9 Å². The molecule has 1 atom stereocenters. The van der Waals surface area contributed by atoms with Crippen molar-refractivity contribution in [2.24, 2.45) is 0 Å². The maximum absolute atomic E-state index is 12.9. The Hall–Kier alpha value is -3.52. The van der Waals surface area contributed by atoms with E-state index >= 15 is 0 Å². The molecule has 1 unspecified atom stereocenters. The largest absolute Gasteiger partial charge is 0.493 e. The van der Waals surface area contributed by atoms with Gasteiger partial charge in [0.1, 0.15) is 0 Å². The van der Waals surface area contributed by atoms with Gasteiger partial charge >= 0.3 is 0 Å². The number of ether oxygens (including phenoxy) is 3. The van der Waals surface area contributed by atoms with Gasteiger partial charge in [0.2, 0.25) is 11.7 Å². The summed E-state index contributed by atoms with van der Waals surface area (Å²) in [7, 11) is 4.64. The lowest BCUT2D eigenvalue weighted by Gasteiger charge is -2.19. The first-order valence-corrected chi connectivity index (χ1v) is 11.9. The summed E-state index contributed by atoms with van der Waals surface area (Å²) in [5.41, 5.74) is 1.85. The zero-order valence-corrected chi connectivity index (χ0v) is 20.7. The standard InChI is InChI=1S/C26H30N2O5S/c1-17(19-15-22(31-2)25(33-4)23(16-19)32-3)27-26(30)18-8-5-9-20(14-18)28-24(29)12-6-10-21-11-7-13-34-21/h5,7-9,11,13-17H,6,10,12H2,1-4H3,(H,27,30)(H,28,29). The third kappa shape index (κ3) is 6.51. The molecule has 0 aliphatic rings. The van der Waals surface area contributed by atoms with Crippen LogP contribution in [0, 0.1) is 0 Å². The Kier molecular flexibility index (Phi) is 8.93. The van der Waals surface area contributed by atoms with E-state index in [4.69, 9.17) is 14.2 Å². The summed E-state index contributed by atoms with van der Waals surface area (Å²) in [5.74, 6) is 1.20. The van der Waals surface area contributed by atoms with Crippen LogP contribution in [0.2, 0.25) is 0 Å². The van der Waals surface area contributed by atoms with Crippen LogP contribution in [0.4, 0.5) is 5.69 Å². The maximum atomic E-state index is 12.9. The second-order valence-corrected chi connectivity index (χ2v) is 8.75. The molecular weight excluding hydrogens is 452 g/mol. The Balaban J connectivity index is 1.61. The molecule has 0 aliphatic heterocycles. The van der Waals surface area contributed by atoms with Gasteiger partial charge in [-0.3, -0.25) is 9.59 Å². The molecule has 8 heteroatoms. The number of methoxy groups -OCH3 is 3. The Morgan fingerprint density at radius 3 is 2.32 bits per heavy atom. The lowest BCUT2D eigenvalue weighted by Crippen LogP contribution is -2.26. The first kappa shape index (κ1) is 25.1. The van der Waals surface area contributed by atoms with Gasteiger partial charge in [0.15, 0.2) is 11.5 Å². The van der Waals surface area contributed by atoms with E-state index in [0.717, 1.165) is 18.4 Å². The molecule has 3 aromatic rings. The quantitative estimate of drug-likeness (QED) is 0.391. The van der Waals surface area contributed by atoms with E-state index < -0.39 is 0 Å². The zero-order chi connectivity index (χ0) is 24.5. The summed E-state index contributed by atoms with van der Waals surface area (Å²) in [6, 6.07) is 14.3. The van der Waals surface area contributed by atoms with Gasteiger partial charge in [0.25, 0.3) is 5.91 Å². The maximum Gasteiger partial charge on any atom is 0.251 e. The van der Waals surface area contributed by atoms with Crippen LogP contribution in [0.25, 0.3) is 0 Å². The molecule has 0 fully saturated rings. The fourth-order valence-corrected chi connectivity index (χ4v) is 4.31. The molecule has 7 nitrogen and oxygen atoms in total. The lowest BCUT2D eigenvalue weighted by molar-refractivity contribution is -0.116. The summed E-state index contributed by atoms with van der Waals surface area (Å²) in [6.45, 7) is 1.87. The van der Waals surface area contributed by atoms with Crippen molar-refractivity contribution in [3.05, 3.63) is 69.9 Å². The molecule has 1 heterocycles. The highest BCUT2D eigenvalue weighted by Crippen LogP contribution is 2.39. The molecule has 0 aliphatic carbocycles. The highest BCUT2D eigenvalue weighted by molar-refractivity contribution is 7.09. The van der Waals surface area contributed by atoms with Crippen LogP contribution >= 0.6 is 11.3 Å². The predicted octanol–water partition coefficient (Wildman–Crippen LogP) is 5.23. The molecule has 0 saturated carbocycles. The van der Waals surface area contributed by atoms with Gasteiger partial charge in [-0.1, -0.05) is 12.1 Å². The fourth-order valence-electron chi connectivity index (χ4n) is 3.55. The SMILES string of the molecule is COc1cc(C(C)NC(=O)c2cccc(NC(=O)CCCc3cccs3)c2)cc(OC)c1OC. The molecule has 0 bridgehead atoms. The van der Waals surface area contributed by atoms with Gasteiger partial charge in [-0.2, -0.15) is 0 Å². The first-order chi connectivity index (χ1) is 16.4. The first-order valence-electron chi connectivity index (χ1n) is 11.0. The fraction of sp³-hybridized carbons (Fsp3) is 0.308. The number of benzene rings is 2. The van der Waals surface area contributed by atoms with Crippen molar-refractivity contribution in [3.63, 3.8) is 0 Å². The minimum absolute atomic E-state index is 0.0695. The van der Waals surface area contributed by atoms with Crippen molar-refractivity contribution in [3.8, 4) is 17.2 Å². The van der Waals surface area contributed by atoms with Crippen molar-refractivity contribution in [2.75, 3.05) is 26.6 Å². The van der Waals surface area contributed by atoms with Gasteiger partial charge in [0.05, 0.1) is 27.4 Å². The van der Waals surface area contributed by atoms with Gasteiger partial charge in [-0.25, -0.2) is 0 Å². The predicted molar refractivity (Wildman–Crippen MR) is 134 cm³/mol. The topological polar surface area (TPSA) is 85.9 Å². The number of rotatable bonds is 11. The number of carbonyl (C=O) groups is 2. The smallest absolute Gasteiger partial charge is 0.251 e. The Bertz CT molecular complexity index is 1090. The Labute approximate surface area is 204 Å². The van der Waals surface area contributed by atoms with E-state index in [1.165, 1.54) is 4.88 Å². The number of nitrogens with one attached hydrogen (secondary N) is 2.